The number of benzene rings is 1. The van der Waals surface area contributed by atoms with Crippen LogP contribution in [0.4, 0.5) is 0 Å². The van der Waals surface area contributed by atoms with Crippen LogP contribution in [0, 0.1) is 11.3 Å². The molecular formula is C12H17NO2. The number of rotatable bonds is 2. The Bertz CT molecular complexity index is 387. The fraction of sp³-hybridized carbons (Fsp3) is 0.500. The van der Waals surface area contributed by atoms with Gasteiger partial charge in [-0.1, -0.05) is 13.8 Å². The molecule has 2 unspecified atom stereocenters. The van der Waals surface area contributed by atoms with E-state index >= 15 is 0 Å². The molecule has 2 atom stereocenters. The molecular weight excluding hydrogens is 190 g/mol. The van der Waals surface area contributed by atoms with Gasteiger partial charge in [0.15, 0.2) is 0 Å². The minimum absolute atomic E-state index is 0.125. The molecule has 1 aromatic carbocycles. The zero-order valence-corrected chi connectivity index (χ0v) is 9.07. The first-order valence-electron chi connectivity index (χ1n) is 5.20. The van der Waals surface area contributed by atoms with Crippen molar-refractivity contribution in [2.24, 2.45) is 17.1 Å². The lowest BCUT2D eigenvalue weighted by atomic mass is 10.0. The standard InChI is InChI=1S/C12H17NO2/c1-12(2)9(6-13)11(12)8-5-7(14)3-4-10(8)15/h3-5,9,11,14-15H,6,13H2,1-2H3. The van der Waals surface area contributed by atoms with Gasteiger partial charge in [0.2, 0.25) is 0 Å². The predicted molar refractivity (Wildman–Crippen MR) is 58.8 cm³/mol. The van der Waals surface area contributed by atoms with Crippen molar-refractivity contribution in [2.75, 3.05) is 6.54 Å². The Balaban J connectivity index is 2.36. The molecule has 1 aromatic rings. The third kappa shape index (κ3) is 1.47. The molecule has 2 rings (SSSR count). The van der Waals surface area contributed by atoms with Crippen molar-refractivity contribution < 1.29 is 10.2 Å². The Morgan fingerprint density at radius 1 is 1.33 bits per heavy atom. The highest BCUT2D eigenvalue weighted by atomic mass is 16.3. The number of aromatic hydroxyl groups is 2. The Kier molecular flexibility index (Phi) is 2.15. The number of nitrogens with two attached hydrogens (primary N) is 1. The largest absolute Gasteiger partial charge is 0.508 e. The molecule has 1 aliphatic carbocycles. The van der Waals surface area contributed by atoms with E-state index in [2.05, 4.69) is 13.8 Å². The summed E-state index contributed by atoms with van der Waals surface area (Å²) in [6, 6.07) is 4.66. The van der Waals surface area contributed by atoms with Crippen molar-refractivity contribution in [3.63, 3.8) is 0 Å². The van der Waals surface area contributed by atoms with Crippen molar-refractivity contribution in [1.82, 2.24) is 0 Å². The van der Waals surface area contributed by atoms with Crippen LogP contribution in [-0.2, 0) is 0 Å². The van der Waals surface area contributed by atoms with Gasteiger partial charge in [0, 0.05) is 5.56 Å². The minimum Gasteiger partial charge on any atom is -0.508 e. The summed E-state index contributed by atoms with van der Waals surface area (Å²) in [5.41, 5.74) is 6.62. The molecule has 0 aromatic heterocycles. The van der Waals surface area contributed by atoms with Crippen LogP contribution >= 0.6 is 0 Å². The fourth-order valence-electron chi connectivity index (χ4n) is 2.59. The first kappa shape index (κ1) is 10.3. The zero-order valence-electron chi connectivity index (χ0n) is 9.07. The van der Waals surface area contributed by atoms with Crippen LogP contribution in [0.2, 0.25) is 0 Å². The quantitative estimate of drug-likeness (QED) is 0.648. The van der Waals surface area contributed by atoms with Gasteiger partial charge >= 0.3 is 0 Å². The number of phenols is 2. The summed E-state index contributed by atoms with van der Waals surface area (Å²) >= 11 is 0. The molecule has 0 bridgehead atoms. The molecule has 82 valence electrons. The van der Waals surface area contributed by atoms with Gasteiger partial charge in [-0.05, 0) is 42.0 Å². The monoisotopic (exact) mass is 207 g/mol. The molecule has 0 spiro atoms. The van der Waals surface area contributed by atoms with Crippen LogP contribution in [0.3, 0.4) is 0 Å². The van der Waals surface area contributed by atoms with Crippen LogP contribution < -0.4 is 5.73 Å². The molecule has 0 radical (unpaired) electrons. The van der Waals surface area contributed by atoms with Crippen LogP contribution in [0.1, 0.15) is 25.3 Å². The van der Waals surface area contributed by atoms with Crippen LogP contribution in [0.15, 0.2) is 18.2 Å². The number of hydrogen-bond acceptors (Lipinski definition) is 3. The van der Waals surface area contributed by atoms with E-state index in [9.17, 15) is 10.2 Å². The summed E-state index contributed by atoms with van der Waals surface area (Å²) in [4.78, 5) is 0. The Morgan fingerprint density at radius 2 is 2.00 bits per heavy atom. The fourth-order valence-corrected chi connectivity index (χ4v) is 2.59. The van der Waals surface area contributed by atoms with Gasteiger partial charge < -0.3 is 15.9 Å². The van der Waals surface area contributed by atoms with E-state index in [1.165, 1.54) is 12.1 Å². The molecule has 0 aliphatic heterocycles. The number of hydrogen-bond donors (Lipinski definition) is 3. The molecule has 1 aliphatic rings. The number of phenolic OH excluding ortho intramolecular Hbond substituents is 2. The average Bonchev–Trinajstić information content (AvgIpc) is 2.72. The smallest absolute Gasteiger partial charge is 0.119 e. The van der Waals surface area contributed by atoms with Gasteiger partial charge in [-0.2, -0.15) is 0 Å². The lowest BCUT2D eigenvalue weighted by Crippen LogP contribution is -2.05. The van der Waals surface area contributed by atoms with Gasteiger partial charge in [0.25, 0.3) is 0 Å². The maximum Gasteiger partial charge on any atom is 0.119 e. The van der Waals surface area contributed by atoms with E-state index in [1.807, 2.05) is 0 Å². The zero-order chi connectivity index (χ0) is 11.2. The normalized spacial score (nSPS) is 27.7. The topological polar surface area (TPSA) is 66.5 Å². The third-order valence-corrected chi connectivity index (χ3v) is 3.65. The van der Waals surface area contributed by atoms with E-state index in [0.29, 0.717) is 12.5 Å². The summed E-state index contributed by atoms with van der Waals surface area (Å²) < 4.78 is 0. The van der Waals surface area contributed by atoms with Gasteiger partial charge in [0.1, 0.15) is 11.5 Å². The van der Waals surface area contributed by atoms with Crippen molar-refractivity contribution in [3.8, 4) is 11.5 Å². The van der Waals surface area contributed by atoms with Crippen LogP contribution in [0.25, 0.3) is 0 Å². The van der Waals surface area contributed by atoms with Gasteiger partial charge in [-0.25, -0.2) is 0 Å². The third-order valence-electron chi connectivity index (χ3n) is 3.65. The molecule has 4 N–H and O–H groups in total. The highest BCUT2D eigenvalue weighted by molar-refractivity contribution is 5.45. The van der Waals surface area contributed by atoms with Gasteiger partial charge in [-0.3, -0.25) is 0 Å². The highest BCUT2D eigenvalue weighted by Crippen LogP contribution is 2.65. The van der Waals surface area contributed by atoms with E-state index < -0.39 is 0 Å². The molecule has 1 fully saturated rings. The highest BCUT2D eigenvalue weighted by Gasteiger charge is 2.58. The van der Waals surface area contributed by atoms with E-state index in [1.54, 1.807) is 6.07 Å². The van der Waals surface area contributed by atoms with Crippen molar-refractivity contribution in [2.45, 2.75) is 19.8 Å². The summed E-state index contributed by atoms with van der Waals surface area (Å²) in [6.07, 6.45) is 0. The van der Waals surface area contributed by atoms with Crippen LogP contribution in [-0.4, -0.2) is 16.8 Å². The van der Waals surface area contributed by atoms with Gasteiger partial charge in [-0.15, -0.1) is 0 Å². The van der Waals surface area contributed by atoms with E-state index in [0.717, 1.165) is 5.56 Å². The van der Waals surface area contributed by atoms with E-state index in [-0.39, 0.29) is 22.8 Å². The molecule has 15 heavy (non-hydrogen) atoms. The molecule has 1 saturated carbocycles. The first-order chi connectivity index (χ1) is 6.98. The van der Waals surface area contributed by atoms with Crippen LogP contribution in [0.5, 0.6) is 11.5 Å². The second kappa shape index (κ2) is 3.14. The molecule has 0 saturated heterocycles. The summed E-state index contributed by atoms with van der Waals surface area (Å²) in [5.74, 6) is 1.10. The van der Waals surface area contributed by atoms with Gasteiger partial charge in [0.05, 0.1) is 0 Å². The van der Waals surface area contributed by atoms with Crippen molar-refractivity contribution >= 4 is 0 Å². The Hall–Kier alpha value is -1.22. The Labute approximate surface area is 89.5 Å². The summed E-state index contributed by atoms with van der Waals surface area (Å²) in [5, 5.41) is 19.1. The minimum atomic E-state index is 0.125. The molecule has 3 nitrogen and oxygen atoms in total. The lowest BCUT2D eigenvalue weighted by Gasteiger charge is -2.06. The maximum absolute atomic E-state index is 9.74. The second-order valence-electron chi connectivity index (χ2n) is 4.88. The predicted octanol–water partition coefficient (Wildman–Crippen LogP) is 1.80. The Morgan fingerprint density at radius 3 is 2.53 bits per heavy atom. The first-order valence-corrected chi connectivity index (χ1v) is 5.20. The molecule has 0 amide bonds. The second-order valence-corrected chi connectivity index (χ2v) is 4.88. The van der Waals surface area contributed by atoms with E-state index in [4.69, 9.17) is 5.73 Å². The van der Waals surface area contributed by atoms with Crippen molar-refractivity contribution in [1.29, 1.82) is 0 Å². The SMILES string of the molecule is CC1(C)C(CN)C1c1cc(O)ccc1O. The summed E-state index contributed by atoms with van der Waals surface area (Å²) in [6.45, 7) is 4.89. The maximum atomic E-state index is 9.74. The molecule has 0 heterocycles. The van der Waals surface area contributed by atoms with Crippen molar-refractivity contribution in [3.05, 3.63) is 23.8 Å². The lowest BCUT2D eigenvalue weighted by molar-refractivity contribution is 0.451. The molecule has 3 heteroatoms. The summed E-state index contributed by atoms with van der Waals surface area (Å²) in [7, 11) is 0. The average molecular weight is 207 g/mol.